The topological polar surface area (TPSA) is 49.3 Å². The third-order valence-corrected chi connectivity index (χ3v) is 2.38. The molecule has 0 aliphatic carbocycles. The van der Waals surface area contributed by atoms with Gasteiger partial charge in [0.25, 0.3) is 0 Å². The fraction of sp³-hybridized carbons (Fsp3) is 0.300. The van der Waals surface area contributed by atoms with E-state index >= 15 is 0 Å². The van der Waals surface area contributed by atoms with Gasteiger partial charge in [-0.25, -0.2) is 0 Å². The van der Waals surface area contributed by atoms with Crippen molar-refractivity contribution in [2.75, 3.05) is 11.9 Å². The normalized spacial score (nSPS) is 19.3. The van der Waals surface area contributed by atoms with Crippen LogP contribution in [0.25, 0.3) is 0 Å². The summed E-state index contributed by atoms with van der Waals surface area (Å²) in [6.45, 7) is 2.48. The Morgan fingerprint density at radius 1 is 1.62 bits per heavy atom. The molecule has 0 saturated heterocycles. The van der Waals surface area contributed by atoms with Crippen LogP contribution in [0.2, 0.25) is 0 Å². The van der Waals surface area contributed by atoms with E-state index in [-0.39, 0.29) is 5.92 Å². The van der Waals surface area contributed by atoms with Gasteiger partial charge in [-0.05, 0) is 18.6 Å². The Hall–Kier alpha value is -1.51. The van der Waals surface area contributed by atoms with Crippen LogP contribution >= 0.6 is 0 Å². The molecule has 0 amide bonds. The number of carboxylic acid groups (broad SMARTS) is 1. The van der Waals surface area contributed by atoms with Crippen LogP contribution in [0.3, 0.4) is 0 Å². The Balaban J connectivity index is 2.46. The van der Waals surface area contributed by atoms with Gasteiger partial charge in [0.05, 0.1) is 0 Å². The highest BCUT2D eigenvalue weighted by Gasteiger charge is 2.27. The highest BCUT2D eigenvalue weighted by Crippen LogP contribution is 2.31. The van der Waals surface area contributed by atoms with E-state index in [4.69, 9.17) is 5.11 Å². The lowest BCUT2D eigenvalue weighted by molar-refractivity contribution is -0.138. The summed E-state index contributed by atoms with van der Waals surface area (Å²) in [6, 6.07) is 5.86. The smallest absolute Gasteiger partial charge is 0.312 e. The predicted molar refractivity (Wildman–Crippen MR) is 50.0 cm³/mol. The molecule has 2 N–H and O–H groups in total. The SMILES string of the molecule is Cc1ccc2c(c1)C(C(=O)O)CN2. The molecule has 2 rings (SSSR count). The summed E-state index contributed by atoms with van der Waals surface area (Å²) in [5, 5.41) is 12.0. The summed E-state index contributed by atoms with van der Waals surface area (Å²) in [5.74, 6) is -1.13. The molecule has 13 heavy (non-hydrogen) atoms. The van der Waals surface area contributed by atoms with E-state index in [1.807, 2.05) is 25.1 Å². The Morgan fingerprint density at radius 3 is 3.08 bits per heavy atom. The van der Waals surface area contributed by atoms with Gasteiger partial charge in [0.15, 0.2) is 0 Å². The molecule has 1 aliphatic rings. The Kier molecular flexibility index (Phi) is 1.72. The summed E-state index contributed by atoms with van der Waals surface area (Å²) in [7, 11) is 0. The Labute approximate surface area is 76.4 Å². The minimum atomic E-state index is -0.753. The van der Waals surface area contributed by atoms with Crippen LogP contribution in [0.1, 0.15) is 17.0 Å². The van der Waals surface area contributed by atoms with Crippen LogP contribution in [0, 0.1) is 6.92 Å². The maximum absolute atomic E-state index is 10.8. The number of aryl methyl sites for hydroxylation is 1. The molecule has 0 aromatic heterocycles. The molecule has 1 atom stereocenters. The van der Waals surface area contributed by atoms with Crippen molar-refractivity contribution in [3.63, 3.8) is 0 Å². The highest BCUT2D eigenvalue weighted by atomic mass is 16.4. The molecular formula is C10H11NO2. The van der Waals surface area contributed by atoms with Gasteiger partial charge < -0.3 is 10.4 Å². The molecule has 0 fully saturated rings. The van der Waals surface area contributed by atoms with Crippen LogP contribution in [0.5, 0.6) is 0 Å². The zero-order chi connectivity index (χ0) is 9.42. The standard InChI is InChI=1S/C10H11NO2/c1-6-2-3-9-7(4-6)8(5-11-9)10(12)13/h2-4,8,11H,5H2,1H3,(H,12,13). The van der Waals surface area contributed by atoms with E-state index in [1.165, 1.54) is 0 Å². The van der Waals surface area contributed by atoms with Gasteiger partial charge in [0.2, 0.25) is 0 Å². The number of benzene rings is 1. The molecule has 1 aromatic carbocycles. The molecule has 0 bridgehead atoms. The summed E-state index contributed by atoms with van der Waals surface area (Å²) < 4.78 is 0. The average Bonchev–Trinajstić information content (AvgIpc) is 2.46. The van der Waals surface area contributed by atoms with E-state index in [0.29, 0.717) is 6.54 Å². The van der Waals surface area contributed by atoms with Crippen molar-refractivity contribution in [2.24, 2.45) is 0 Å². The highest BCUT2D eigenvalue weighted by molar-refractivity contribution is 5.82. The number of carboxylic acids is 1. The van der Waals surface area contributed by atoms with E-state index < -0.39 is 5.97 Å². The predicted octanol–water partition coefficient (Wildman–Crippen LogP) is 1.59. The summed E-state index contributed by atoms with van der Waals surface area (Å²) >= 11 is 0. The molecule has 1 unspecified atom stereocenters. The maximum atomic E-state index is 10.8. The second kappa shape index (κ2) is 2.76. The number of hydrogen-bond donors (Lipinski definition) is 2. The van der Waals surface area contributed by atoms with Crippen LogP contribution in [0.15, 0.2) is 18.2 Å². The molecule has 68 valence electrons. The Bertz CT molecular complexity index is 360. The fourth-order valence-corrected chi connectivity index (χ4v) is 1.67. The molecule has 3 nitrogen and oxygen atoms in total. The molecule has 1 aliphatic heterocycles. The van der Waals surface area contributed by atoms with Crippen LogP contribution < -0.4 is 5.32 Å². The van der Waals surface area contributed by atoms with E-state index in [1.54, 1.807) is 0 Å². The number of carbonyl (C=O) groups is 1. The van der Waals surface area contributed by atoms with E-state index in [9.17, 15) is 4.79 Å². The summed E-state index contributed by atoms with van der Waals surface area (Å²) in [6.07, 6.45) is 0. The quantitative estimate of drug-likeness (QED) is 0.684. The van der Waals surface area contributed by atoms with E-state index in [0.717, 1.165) is 16.8 Å². The number of hydrogen-bond acceptors (Lipinski definition) is 2. The first-order valence-corrected chi connectivity index (χ1v) is 4.25. The van der Waals surface area contributed by atoms with Gasteiger partial charge in [0.1, 0.15) is 5.92 Å². The molecule has 3 heteroatoms. The van der Waals surface area contributed by atoms with Gasteiger partial charge in [-0.3, -0.25) is 4.79 Å². The number of anilines is 1. The lowest BCUT2D eigenvalue weighted by atomic mass is 10.00. The maximum Gasteiger partial charge on any atom is 0.312 e. The first-order valence-electron chi connectivity index (χ1n) is 4.25. The first-order chi connectivity index (χ1) is 6.18. The first kappa shape index (κ1) is 8.10. The van der Waals surface area contributed by atoms with Crippen molar-refractivity contribution >= 4 is 11.7 Å². The number of aliphatic carboxylic acids is 1. The van der Waals surface area contributed by atoms with Crippen molar-refractivity contribution in [3.05, 3.63) is 29.3 Å². The second-order valence-electron chi connectivity index (χ2n) is 3.36. The zero-order valence-electron chi connectivity index (χ0n) is 7.37. The molecule has 0 spiro atoms. The average molecular weight is 177 g/mol. The molecule has 1 aromatic rings. The number of rotatable bonds is 1. The van der Waals surface area contributed by atoms with Crippen molar-refractivity contribution in [1.29, 1.82) is 0 Å². The molecule has 0 radical (unpaired) electrons. The van der Waals surface area contributed by atoms with Gasteiger partial charge in [-0.2, -0.15) is 0 Å². The van der Waals surface area contributed by atoms with Gasteiger partial charge >= 0.3 is 5.97 Å². The minimum Gasteiger partial charge on any atom is -0.481 e. The third kappa shape index (κ3) is 1.26. The van der Waals surface area contributed by atoms with Crippen LogP contribution in [0.4, 0.5) is 5.69 Å². The Morgan fingerprint density at radius 2 is 2.38 bits per heavy atom. The van der Waals surface area contributed by atoms with Gasteiger partial charge in [0, 0.05) is 12.2 Å². The second-order valence-corrected chi connectivity index (χ2v) is 3.36. The lowest BCUT2D eigenvalue weighted by Gasteiger charge is -2.04. The van der Waals surface area contributed by atoms with Crippen molar-refractivity contribution in [2.45, 2.75) is 12.8 Å². The monoisotopic (exact) mass is 177 g/mol. The lowest BCUT2D eigenvalue weighted by Crippen LogP contribution is -2.13. The molecule has 1 heterocycles. The van der Waals surface area contributed by atoms with Gasteiger partial charge in [-0.1, -0.05) is 17.7 Å². The summed E-state index contributed by atoms with van der Waals surface area (Å²) in [4.78, 5) is 10.8. The molecular weight excluding hydrogens is 166 g/mol. The largest absolute Gasteiger partial charge is 0.481 e. The minimum absolute atomic E-state index is 0.380. The van der Waals surface area contributed by atoms with Crippen LogP contribution in [-0.4, -0.2) is 17.6 Å². The van der Waals surface area contributed by atoms with Crippen molar-refractivity contribution in [1.82, 2.24) is 0 Å². The van der Waals surface area contributed by atoms with E-state index in [2.05, 4.69) is 5.32 Å². The summed E-state index contributed by atoms with van der Waals surface area (Å²) in [5.41, 5.74) is 2.97. The van der Waals surface area contributed by atoms with Gasteiger partial charge in [-0.15, -0.1) is 0 Å². The molecule has 0 saturated carbocycles. The van der Waals surface area contributed by atoms with Crippen LogP contribution in [-0.2, 0) is 4.79 Å². The fourth-order valence-electron chi connectivity index (χ4n) is 1.67. The zero-order valence-corrected chi connectivity index (χ0v) is 7.37. The van der Waals surface area contributed by atoms with Crippen molar-refractivity contribution < 1.29 is 9.90 Å². The third-order valence-electron chi connectivity index (χ3n) is 2.38. The van der Waals surface area contributed by atoms with Crippen molar-refractivity contribution in [3.8, 4) is 0 Å². The number of fused-ring (bicyclic) bond motifs is 1. The number of nitrogens with one attached hydrogen (secondary N) is 1.